The van der Waals surface area contributed by atoms with Crippen LogP contribution in [0.5, 0.6) is 5.75 Å². The lowest BCUT2D eigenvalue weighted by molar-refractivity contribution is 0.0956. The summed E-state index contributed by atoms with van der Waals surface area (Å²) < 4.78 is 31.6. The second kappa shape index (κ2) is 9.19. The van der Waals surface area contributed by atoms with Crippen molar-refractivity contribution in [2.24, 2.45) is 0 Å². The Morgan fingerprint density at radius 3 is 2.52 bits per heavy atom. The number of benzene rings is 2. The molecule has 2 aromatic carbocycles. The number of hydrogen-bond donors (Lipinski definition) is 2. The molecule has 25 heavy (non-hydrogen) atoms. The fourth-order valence-electron chi connectivity index (χ4n) is 2.24. The minimum atomic E-state index is -3.44. The molecule has 0 saturated heterocycles. The lowest BCUT2D eigenvalue weighted by atomic mass is 10.1. The molecule has 2 rings (SSSR count). The van der Waals surface area contributed by atoms with Gasteiger partial charge in [-0.05, 0) is 36.2 Å². The summed E-state index contributed by atoms with van der Waals surface area (Å²) in [6.07, 6.45) is 0.562. The molecular weight excluding hydrogens is 340 g/mol. The molecule has 0 spiro atoms. The van der Waals surface area contributed by atoms with E-state index in [4.69, 9.17) is 4.74 Å². The van der Waals surface area contributed by atoms with Crippen molar-refractivity contribution < 1.29 is 17.9 Å². The summed E-state index contributed by atoms with van der Waals surface area (Å²) in [5.41, 5.74) is 1.49. The number of sulfonamides is 1. The molecule has 0 atom stereocenters. The van der Waals surface area contributed by atoms with E-state index in [2.05, 4.69) is 10.0 Å². The fourth-order valence-corrected chi connectivity index (χ4v) is 3.17. The molecule has 0 aromatic heterocycles. The Balaban J connectivity index is 1.73. The van der Waals surface area contributed by atoms with Gasteiger partial charge in [0.25, 0.3) is 5.91 Å². The van der Waals surface area contributed by atoms with E-state index in [1.165, 1.54) is 0 Å². The molecule has 134 valence electrons. The SMILES string of the molecule is COc1cccc(CCNS(=O)(=O)CCNC(=O)c2ccccc2)c1. The first-order valence-electron chi connectivity index (χ1n) is 7.94. The Bertz CT molecular complexity index is 792. The number of amides is 1. The van der Waals surface area contributed by atoms with Crippen molar-refractivity contribution in [3.8, 4) is 5.75 Å². The summed E-state index contributed by atoms with van der Waals surface area (Å²) in [6.45, 7) is 0.352. The highest BCUT2D eigenvalue weighted by molar-refractivity contribution is 7.89. The zero-order valence-corrected chi connectivity index (χ0v) is 14.9. The Kier molecular flexibility index (Phi) is 6.97. The molecular formula is C18H22N2O4S. The molecule has 1 amide bonds. The van der Waals surface area contributed by atoms with E-state index < -0.39 is 10.0 Å². The van der Waals surface area contributed by atoms with Gasteiger partial charge in [0, 0.05) is 18.7 Å². The number of carbonyl (C=O) groups is 1. The van der Waals surface area contributed by atoms with Gasteiger partial charge in [-0.3, -0.25) is 4.79 Å². The first-order chi connectivity index (χ1) is 12.0. The topological polar surface area (TPSA) is 84.5 Å². The predicted octanol–water partition coefficient (Wildman–Crippen LogP) is 1.59. The number of ether oxygens (including phenoxy) is 1. The van der Waals surface area contributed by atoms with Gasteiger partial charge in [0.2, 0.25) is 10.0 Å². The van der Waals surface area contributed by atoms with Crippen LogP contribution in [0.4, 0.5) is 0 Å². The fraction of sp³-hybridized carbons (Fsp3) is 0.278. The number of rotatable bonds is 9. The lowest BCUT2D eigenvalue weighted by Crippen LogP contribution is -2.35. The molecule has 7 heteroatoms. The summed E-state index contributed by atoms with van der Waals surface area (Å²) in [6, 6.07) is 16.2. The van der Waals surface area contributed by atoms with Crippen molar-refractivity contribution in [2.45, 2.75) is 6.42 Å². The number of nitrogens with one attached hydrogen (secondary N) is 2. The Labute approximate surface area is 148 Å². The van der Waals surface area contributed by atoms with Gasteiger partial charge in [-0.1, -0.05) is 30.3 Å². The monoisotopic (exact) mass is 362 g/mol. The summed E-state index contributed by atoms with van der Waals surface area (Å²) in [4.78, 5) is 11.9. The maximum absolute atomic E-state index is 12.0. The predicted molar refractivity (Wildman–Crippen MR) is 97.3 cm³/mol. The van der Waals surface area contributed by atoms with Crippen LogP contribution in [0.15, 0.2) is 54.6 Å². The minimum absolute atomic E-state index is 0.0578. The van der Waals surface area contributed by atoms with Crippen LogP contribution in [-0.2, 0) is 16.4 Å². The van der Waals surface area contributed by atoms with Crippen molar-refractivity contribution in [2.75, 3.05) is 26.0 Å². The van der Waals surface area contributed by atoms with E-state index in [1.54, 1.807) is 31.4 Å². The number of hydrogen-bond acceptors (Lipinski definition) is 4. The zero-order valence-electron chi connectivity index (χ0n) is 14.1. The molecule has 6 nitrogen and oxygen atoms in total. The minimum Gasteiger partial charge on any atom is -0.497 e. The third-order valence-electron chi connectivity index (χ3n) is 3.56. The maximum Gasteiger partial charge on any atom is 0.251 e. The van der Waals surface area contributed by atoms with Gasteiger partial charge < -0.3 is 10.1 Å². The molecule has 0 heterocycles. The summed E-state index contributed by atoms with van der Waals surface area (Å²) in [5, 5.41) is 2.60. The van der Waals surface area contributed by atoms with E-state index >= 15 is 0 Å². The normalized spacial score (nSPS) is 11.1. The standard InChI is InChI=1S/C18H22N2O4S/c1-24-17-9-5-6-15(14-17)10-11-20-25(22,23)13-12-19-18(21)16-7-3-2-4-8-16/h2-9,14,20H,10-13H2,1H3,(H,19,21). The second-order valence-corrected chi connectivity index (χ2v) is 7.36. The molecule has 0 aliphatic carbocycles. The van der Waals surface area contributed by atoms with Crippen molar-refractivity contribution in [1.82, 2.24) is 10.0 Å². The van der Waals surface area contributed by atoms with Crippen LogP contribution in [0.2, 0.25) is 0 Å². The summed E-state index contributed by atoms with van der Waals surface area (Å²) in [5.74, 6) is 0.292. The third kappa shape index (κ3) is 6.56. The van der Waals surface area contributed by atoms with E-state index in [9.17, 15) is 13.2 Å². The summed E-state index contributed by atoms with van der Waals surface area (Å²) in [7, 11) is -1.85. The van der Waals surface area contributed by atoms with Crippen LogP contribution in [-0.4, -0.2) is 40.3 Å². The number of methoxy groups -OCH3 is 1. The van der Waals surface area contributed by atoms with Gasteiger partial charge in [0.1, 0.15) is 5.75 Å². The van der Waals surface area contributed by atoms with Crippen molar-refractivity contribution in [3.05, 3.63) is 65.7 Å². The van der Waals surface area contributed by atoms with E-state index in [0.717, 1.165) is 11.3 Å². The van der Waals surface area contributed by atoms with Gasteiger partial charge in [-0.2, -0.15) is 0 Å². The molecule has 0 aliphatic heterocycles. The smallest absolute Gasteiger partial charge is 0.251 e. The Hall–Kier alpha value is -2.38. The van der Waals surface area contributed by atoms with Gasteiger partial charge in [-0.25, -0.2) is 13.1 Å². The molecule has 2 aromatic rings. The summed E-state index contributed by atoms with van der Waals surface area (Å²) >= 11 is 0. The average molecular weight is 362 g/mol. The molecule has 0 aliphatic rings. The van der Waals surface area contributed by atoms with Crippen LogP contribution >= 0.6 is 0 Å². The third-order valence-corrected chi connectivity index (χ3v) is 4.95. The van der Waals surface area contributed by atoms with Crippen molar-refractivity contribution in [3.63, 3.8) is 0 Å². The second-order valence-electron chi connectivity index (χ2n) is 5.44. The zero-order chi connectivity index (χ0) is 18.1. The highest BCUT2D eigenvalue weighted by atomic mass is 32.2. The van der Waals surface area contributed by atoms with Crippen LogP contribution in [0.3, 0.4) is 0 Å². The van der Waals surface area contributed by atoms with Crippen LogP contribution in [0, 0.1) is 0 Å². The quantitative estimate of drug-likeness (QED) is 0.709. The molecule has 0 radical (unpaired) electrons. The molecule has 0 bridgehead atoms. The van der Waals surface area contributed by atoms with Crippen LogP contribution in [0.25, 0.3) is 0 Å². The molecule has 0 fully saturated rings. The average Bonchev–Trinajstić information content (AvgIpc) is 2.62. The molecule has 0 saturated carbocycles. The first kappa shape index (κ1) is 19.0. The highest BCUT2D eigenvalue weighted by Gasteiger charge is 2.11. The van der Waals surface area contributed by atoms with Gasteiger partial charge in [0.05, 0.1) is 12.9 Å². The van der Waals surface area contributed by atoms with Crippen molar-refractivity contribution >= 4 is 15.9 Å². The van der Waals surface area contributed by atoms with Gasteiger partial charge in [-0.15, -0.1) is 0 Å². The highest BCUT2D eigenvalue weighted by Crippen LogP contribution is 2.12. The lowest BCUT2D eigenvalue weighted by Gasteiger charge is -2.09. The van der Waals surface area contributed by atoms with Crippen molar-refractivity contribution in [1.29, 1.82) is 0 Å². The van der Waals surface area contributed by atoms with Crippen LogP contribution < -0.4 is 14.8 Å². The maximum atomic E-state index is 12.0. The van der Waals surface area contributed by atoms with Crippen LogP contribution in [0.1, 0.15) is 15.9 Å². The number of carbonyl (C=O) groups excluding carboxylic acids is 1. The first-order valence-corrected chi connectivity index (χ1v) is 9.59. The van der Waals surface area contributed by atoms with E-state index in [-0.39, 0.29) is 18.2 Å². The Morgan fingerprint density at radius 2 is 1.80 bits per heavy atom. The molecule has 2 N–H and O–H groups in total. The largest absolute Gasteiger partial charge is 0.497 e. The van der Waals surface area contributed by atoms with E-state index in [1.807, 2.05) is 30.3 Å². The van der Waals surface area contributed by atoms with Gasteiger partial charge in [0.15, 0.2) is 0 Å². The van der Waals surface area contributed by atoms with Gasteiger partial charge >= 0.3 is 0 Å². The van der Waals surface area contributed by atoms with E-state index in [0.29, 0.717) is 18.5 Å². The molecule has 0 unspecified atom stereocenters. The Morgan fingerprint density at radius 1 is 1.04 bits per heavy atom.